The van der Waals surface area contributed by atoms with Gasteiger partial charge in [0.25, 0.3) is 0 Å². The molecule has 0 atom stereocenters. The maximum atomic E-state index is 9.09. The Kier molecular flexibility index (Phi) is 3.56. The van der Waals surface area contributed by atoms with Crippen LogP contribution in [0.3, 0.4) is 0 Å². The highest BCUT2D eigenvalue weighted by molar-refractivity contribution is 6.34. The molecule has 6 nitrogen and oxygen atoms in total. The number of hydrogen-bond acceptors (Lipinski definition) is 6. The van der Waals surface area contributed by atoms with Crippen LogP contribution in [-0.4, -0.2) is 17.0 Å². The summed E-state index contributed by atoms with van der Waals surface area (Å²) in [5.74, 6) is 2.05. The van der Waals surface area contributed by atoms with Gasteiger partial charge in [-0.05, 0) is 35.9 Å². The molecule has 0 saturated carbocycles. The molecular formula is C17H11ClN4O2. The van der Waals surface area contributed by atoms with Crippen molar-refractivity contribution in [1.82, 2.24) is 10.2 Å². The quantitative estimate of drug-likeness (QED) is 0.787. The number of benzene rings is 2. The first-order valence-corrected chi connectivity index (χ1v) is 7.61. The van der Waals surface area contributed by atoms with Crippen molar-refractivity contribution in [2.24, 2.45) is 0 Å². The Hall–Kier alpha value is -3.04. The second kappa shape index (κ2) is 5.87. The molecule has 2 aromatic carbocycles. The summed E-state index contributed by atoms with van der Waals surface area (Å²) >= 11 is 6.09. The van der Waals surface area contributed by atoms with Gasteiger partial charge in [0.05, 0.1) is 11.6 Å². The lowest BCUT2D eigenvalue weighted by molar-refractivity contribution is 0.174. The molecule has 1 N–H and O–H groups in total. The SMILES string of the molecule is N#Cc1ccc2c(Cl)nnc(NCc3ccc4c(c3)OCO4)c2c1. The lowest BCUT2D eigenvalue weighted by Gasteiger charge is -2.09. The molecule has 0 bridgehead atoms. The van der Waals surface area contributed by atoms with Crippen LogP contribution in [0.4, 0.5) is 5.82 Å². The van der Waals surface area contributed by atoms with E-state index in [0.29, 0.717) is 23.1 Å². The molecule has 24 heavy (non-hydrogen) atoms. The van der Waals surface area contributed by atoms with Crippen LogP contribution in [0.1, 0.15) is 11.1 Å². The zero-order valence-corrected chi connectivity index (χ0v) is 13.2. The lowest BCUT2D eigenvalue weighted by atomic mass is 10.1. The maximum absolute atomic E-state index is 9.09. The summed E-state index contributed by atoms with van der Waals surface area (Å²) in [4.78, 5) is 0. The van der Waals surface area contributed by atoms with Crippen molar-refractivity contribution in [2.45, 2.75) is 6.54 Å². The number of nitriles is 1. The molecule has 2 heterocycles. The van der Waals surface area contributed by atoms with Crippen LogP contribution in [0.25, 0.3) is 10.8 Å². The largest absolute Gasteiger partial charge is 0.454 e. The number of halogens is 1. The Bertz CT molecular complexity index is 984. The fourth-order valence-corrected chi connectivity index (χ4v) is 2.76. The fourth-order valence-electron chi connectivity index (χ4n) is 2.56. The third-order valence-corrected chi connectivity index (χ3v) is 4.04. The highest BCUT2D eigenvalue weighted by atomic mass is 35.5. The van der Waals surface area contributed by atoms with Gasteiger partial charge in [0.1, 0.15) is 0 Å². The van der Waals surface area contributed by atoms with Crippen LogP contribution < -0.4 is 14.8 Å². The zero-order chi connectivity index (χ0) is 16.5. The van der Waals surface area contributed by atoms with Crippen LogP contribution in [0.15, 0.2) is 36.4 Å². The van der Waals surface area contributed by atoms with Gasteiger partial charge >= 0.3 is 0 Å². The van der Waals surface area contributed by atoms with Gasteiger partial charge < -0.3 is 14.8 Å². The molecule has 0 spiro atoms. The number of hydrogen-bond donors (Lipinski definition) is 1. The van der Waals surface area contributed by atoms with E-state index >= 15 is 0 Å². The average molecular weight is 339 g/mol. The Morgan fingerprint density at radius 1 is 1.08 bits per heavy atom. The minimum Gasteiger partial charge on any atom is -0.454 e. The van der Waals surface area contributed by atoms with E-state index in [-0.39, 0.29) is 6.79 Å². The predicted octanol–water partition coefficient (Wildman–Crippen LogP) is 3.50. The molecule has 0 unspecified atom stereocenters. The number of ether oxygens (including phenoxy) is 2. The Morgan fingerprint density at radius 3 is 2.83 bits per heavy atom. The molecule has 118 valence electrons. The first kappa shape index (κ1) is 14.5. The van der Waals surface area contributed by atoms with E-state index in [1.165, 1.54) is 0 Å². The normalized spacial score (nSPS) is 12.2. The highest BCUT2D eigenvalue weighted by Gasteiger charge is 2.14. The highest BCUT2D eigenvalue weighted by Crippen LogP contribution is 2.33. The minimum atomic E-state index is 0.246. The van der Waals surface area contributed by atoms with Crippen molar-refractivity contribution in [3.63, 3.8) is 0 Å². The summed E-state index contributed by atoms with van der Waals surface area (Å²) in [7, 11) is 0. The van der Waals surface area contributed by atoms with E-state index < -0.39 is 0 Å². The van der Waals surface area contributed by atoms with E-state index in [1.54, 1.807) is 18.2 Å². The van der Waals surface area contributed by atoms with Crippen LogP contribution in [0.5, 0.6) is 11.5 Å². The fraction of sp³-hybridized carbons (Fsp3) is 0.118. The molecule has 0 amide bonds. The van der Waals surface area contributed by atoms with Crippen molar-refractivity contribution in [2.75, 3.05) is 12.1 Å². The van der Waals surface area contributed by atoms with E-state index in [2.05, 4.69) is 21.6 Å². The van der Waals surface area contributed by atoms with Crippen molar-refractivity contribution in [3.05, 3.63) is 52.7 Å². The number of rotatable bonds is 3. The van der Waals surface area contributed by atoms with Gasteiger partial charge in [0.15, 0.2) is 22.5 Å². The topological polar surface area (TPSA) is 80.1 Å². The molecule has 1 aromatic heterocycles. The minimum absolute atomic E-state index is 0.246. The molecule has 7 heteroatoms. The van der Waals surface area contributed by atoms with Crippen molar-refractivity contribution < 1.29 is 9.47 Å². The van der Waals surface area contributed by atoms with Gasteiger partial charge in [-0.1, -0.05) is 17.7 Å². The van der Waals surface area contributed by atoms with Crippen molar-refractivity contribution >= 4 is 28.2 Å². The molecule has 1 aliphatic heterocycles. The van der Waals surface area contributed by atoms with E-state index in [0.717, 1.165) is 27.8 Å². The van der Waals surface area contributed by atoms with Gasteiger partial charge in [-0.2, -0.15) is 5.26 Å². The van der Waals surface area contributed by atoms with Crippen LogP contribution in [0.2, 0.25) is 5.15 Å². The van der Waals surface area contributed by atoms with Gasteiger partial charge in [-0.3, -0.25) is 0 Å². The number of fused-ring (bicyclic) bond motifs is 2. The molecule has 1 aliphatic rings. The first-order valence-electron chi connectivity index (χ1n) is 7.23. The summed E-state index contributed by atoms with van der Waals surface area (Å²) < 4.78 is 10.7. The van der Waals surface area contributed by atoms with Gasteiger partial charge in [0, 0.05) is 17.3 Å². The number of aromatic nitrogens is 2. The maximum Gasteiger partial charge on any atom is 0.231 e. The predicted molar refractivity (Wildman–Crippen MR) is 89.2 cm³/mol. The monoisotopic (exact) mass is 338 g/mol. The molecule has 4 rings (SSSR count). The molecular weight excluding hydrogens is 328 g/mol. The number of nitrogens with zero attached hydrogens (tertiary/aromatic N) is 3. The van der Waals surface area contributed by atoms with Crippen molar-refractivity contribution in [3.8, 4) is 17.6 Å². The first-order chi connectivity index (χ1) is 11.7. The van der Waals surface area contributed by atoms with Gasteiger partial charge in [-0.15, -0.1) is 10.2 Å². The van der Waals surface area contributed by atoms with Gasteiger partial charge in [-0.25, -0.2) is 0 Å². The van der Waals surface area contributed by atoms with Crippen LogP contribution >= 0.6 is 11.6 Å². The average Bonchev–Trinajstić information content (AvgIpc) is 3.08. The third-order valence-electron chi connectivity index (χ3n) is 3.76. The summed E-state index contributed by atoms with van der Waals surface area (Å²) in [6.07, 6.45) is 0. The molecule has 0 aliphatic carbocycles. The smallest absolute Gasteiger partial charge is 0.231 e. The molecule has 0 radical (unpaired) electrons. The van der Waals surface area contributed by atoms with Crippen molar-refractivity contribution in [1.29, 1.82) is 5.26 Å². The van der Waals surface area contributed by atoms with E-state index in [4.69, 9.17) is 26.3 Å². The third kappa shape index (κ3) is 2.55. The summed E-state index contributed by atoms with van der Waals surface area (Å²) in [5, 5.41) is 22.2. The van der Waals surface area contributed by atoms with Gasteiger partial charge in [0.2, 0.25) is 6.79 Å². The Morgan fingerprint density at radius 2 is 1.96 bits per heavy atom. The summed E-state index contributed by atoms with van der Waals surface area (Å²) in [6.45, 7) is 0.773. The Labute approximate surface area is 142 Å². The lowest BCUT2D eigenvalue weighted by Crippen LogP contribution is -2.03. The zero-order valence-electron chi connectivity index (χ0n) is 12.4. The van der Waals surface area contributed by atoms with Crippen LogP contribution in [0, 0.1) is 11.3 Å². The summed E-state index contributed by atoms with van der Waals surface area (Å²) in [5.41, 5.74) is 1.55. The van der Waals surface area contributed by atoms with Crippen LogP contribution in [-0.2, 0) is 6.54 Å². The number of nitrogens with one attached hydrogen (secondary N) is 1. The molecule has 0 saturated heterocycles. The molecule has 0 fully saturated rings. The number of anilines is 1. The Balaban J connectivity index is 1.65. The van der Waals surface area contributed by atoms with E-state index in [1.807, 2.05) is 18.2 Å². The second-order valence-corrected chi connectivity index (χ2v) is 5.61. The second-order valence-electron chi connectivity index (χ2n) is 5.25. The standard InChI is InChI=1S/C17H11ClN4O2/c18-16-12-3-1-10(7-19)5-13(12)17(22-21-16)20-8-11-2-4-14-15(6-11)24-9-23-14/h1-6H,8-9H2,(H,20,22). The molecule has 3 aromatic rings. The summed E-state index contributed by atoms with van der Waals surface area (Å²) in [6, 6.07) is 13.1. The van der Waals surface area contributed by atoms with E-state index in [9.17, 15) is 0 Å².